The second-order valence-electron chi connectivity index (χ2n) is 6.54. The number of anilines is 1. The molecule has 0 fully saturated rings. The molecular formula is C18H21N5O2. The summed E-state index contributed by atoms with van der Waals surface area (Å²) in [5, 5.41) is 21.0. The molecule has 25 heavy (non-hydrogen) atoms. The lowest BCUT2D eigenvalue weighted by Gasteiger charge is -2.29. The fourth-order valence-corrected chi connectivity index (χ4v) is 2.57. The Balaban J connectivity index is 1.80. The molecule has 7 nitrogen and oxygen atoms in total. The molecule has 7 heteroatoms. The molecule has 130 valence electrons. The van der Waals surface area contributed by atoms with Gasteiger partial charge in [0.25, 0.3) is 0 Å². The van der Waals surface area contributed by atoms with Crippen LogP contribution in [0, 0.1) is 0 Å². The van der Waals surface area contributed by atoms with E-state index in [1.54, 1.807) is 35.4 Å². The lowest BCUT2D eigenvalue weighted by atomic mass is 10.1. The van der Waals surface area contributed by atoms with Crippen molar-refractivity contribution in [1.82, 2.24) is 19.5 Å². The number of benzene rings is 1. The molecule has 3 aromatic rings. The highest BCUT2D eigenvalue weighted by molar-refractivity contribution is 5.88. The van der Waals surface area contributed by atoms with E-state index in [1.165, 1.54) is 0 Å². The molecule has 0 radical (unpaired) electrons. The van der Waals surface area contributed by atoms with E-state index in [9.17, 15) is 9.90 Å². The van der Waals surface area contributed by atoms with Gasteiger partial charge in [0.15, 0.2) is 5.65 Å². The number of carbonyl (C=O) groups excluding carboxylic acids is 1. The first-order valence-electron chi connectivity index (χ1n) is 8.04. The molecule has 2 aromatic heterocycles. The van der Waals surface area contributed by atoms with Crippen molar-refractivity contribution in [1.29, 1.82) is 0 Å². The van der Waals surface area contributed by atoms with Crippen LogP contribution in [0.25, 0.3) is 5.65 Å². The van der Waals surface area contributed by atoms with Gasteiger partial charge in [-0.25, -0.2) is 4.79 Å². The fraction of sp³-hybridized carbons (Fsp3) is 0.278. The summed E-state index contributed by atoms with van der Waals surface area (Å²) < 4.78 is 1.70. The van der Waals surface area contributed by atoms with Gasteiger partial charge >= 0.3 is 6.03 Å². The number of hydrogen-bond donors (Lipinski definition) is 2. The van der Waals surface area contributed by atoms with E-state index in [0.29, 0.717) is 18.1 Å². The minimum Gasteiger partial charge on any atom is -0.389 e. The van der Waals surface area contributed by atoms with Crippen LogP contribution in [0.1, 0.15) is 19.4 Å². The minimum absolute atomic E-state index is 0.185. The summed E-state index contributed by atoms with van der Waals surface area (Å²) in [5.74, 6) is 0.342. The Morgan fingerprint density at radius 1 is 1.16 bits per heavy atom. The van der Waals surface area contributed by atoms with Gasteiger partial charge in [-0.1, -0.05) is 36.4 Å². The van der Waals surface area contributed by atoms with E-state index >= 15 is 0 Å². The summed E-state index contributed by atoms with van der Waals surface area (Å²) >= 11 is 0. The smallest absolute Gasteiger partial charge is 0.324 e. The van der Waals surface area contributed by atoms with Crippen LogP contribution in [0.15, 0.2) is 54.7 Å². The van der Waals surface area contributed by atoms with Gasteiger partial charge in [-0.05, 0) is 31.5 Å². The fourth-order valence-electron chi connectivity index (χ4n) is 2.57. The number of carbonyl (C=O) groups is 1. The largest absolute Gasteiger partial charge is 0.389 e. The second kappa shape index (κ2) is 6.90. The number of pyridine rings is 1. The molecule has 3 rings (SSSR count). The predicted molar refractivity (Wildman–Crippen MR) is 95.2 cm³/mol. The average Bonchev–Trinajstić information content (AvgIpc) is 2.97. The summed E-state index contributed by atoms with van der Waals surface area (Å²) in [6.45, 7) is 3.91. The number of hydrogen-bond acceptors (Lipinski definition) is 4. The van der Waals surface area contributed by atoms with E-state index in [4.69, 9.17) is 0 Å². The number of nitrogens with one attached hydrogen (secondary N) is 1. The maximum absolute atomic E-state index is 12.8. The third-order valence-corrected chi connectivity index (χ3v) is 3.61. The van der Waals surface area contributed by atoms with Crippen molar-refractivity contribution in [3.05, 3.63) is 60.3 Å². The van der Waals surface area contributed by atoms with Crippen LogP contribution in [0.3, 0.4) is 0 Å². The number of urea groups is 1. The zero-order valence-corrected chi connectivity index (χ0v) is 14.3. The number of nitrogens with zero attached hydrogens (tertiary/aromatic N) is 4. The van der Waals surface area contributed by atoms with Gasteiger partial charge in [0.05, 0.1) is 12.1 Å². The Morgan fingerprint density at radius 2 is 1.88 bits per heavy atom. The zero-order chi connectivity index (χ0) is 17.9. The van der Waals surface area contributed by atoms with E-state index in [2.05, 4.69) is 15.5 Å². The summed E-state index contributed by atoms with van der Waals surface area (Å²) in [6, 6.07) is 14.8. The van der Waals surface area contributed by atoms with Gasteiger partial charge in [0.1, 0.15) is 0 Å². The van der Waals surface area contributed by atoms with Crippen LogP contribution in [0.4, 0.5) is 10.7 Å². The summed E-state index contributed by atoms with van der Waals surface area (Å²) in [6.07, 6.45) is 1.78. The minimum atomic E-state index is -1.01. The number of aliphatic hydroxyl groups is 1. The molecule has 2 N–H and O–H groups in total. The van der Waals surface area contributed by atoms with E-state index in [1.807, 2.05) is 42.5 Å². The molecule has 1 aromatic carbocycles. The molecule has 0 atom stereocenters. The lowest BCUT2D eigenvalue weighted by molar-refractivity contribution is 0.0469. The monoisotopic (exact) mass is 339 g/mol. The summed E-state index contributed by atoms with van der Waals surface area (Å²) in [4.78, 5) is 14.3. The van der Waals surface area contributed by atoms with Crippen molar-refractivity contribution >= 4 is 17.6 Å². The Labute approximate surface area is 145 Å². The van der Waals surface area contributed by atoms with Crippen LogP contribution >= 0.6 is 0 Å². The topological polar surface area (TPSA) is 82.8 Å². The van der Waals surface area contributed by atoms with Crippen LogP contribution < -0.4 is 5.32 Å². The Hall–Kier alpha value is -2.93. The molecule has 0 saturated carbocycles. The van der Waals surface area contributed by atoms with Crippen LogP contribution in [-0.4, -0.2) is 42.8 Å². The van der Waals surface area contributed by atoms with Crippen molar-refractivity contribution in [3.63, 3.8) is 0 Å². The van der Waals surface area contributed by atoms with E-state index < -0.39 is 5.60 Å². The Morgan fingerprint density at radius 3 is 2.60 bits per heavy atom. The van der Waals surface area contributed by atoms with Crippen molar-refractivity contribution in [2.24, 2.45) is 0 Å². The van der Waals surface area contributed by atoms with Gasteiger partial charge < -0.3 is 10.0 Å². The molecule has 0 aliphatic carbocycles. The summed E-state index contributed by atoms with van der Waals surface area (Å²) in [7, 11) is 0. The third kappa shape index (κ3) is 4.33. The maximum atomic E-state index is 12.8. The number of amides is 2. The molecule has 0 saturated heterocycles. The van der Waals surface area contributed by atoms with E-state index in [0.717, 1.165) is 5.56 Å². The second-order valence-corrected chi connectivity index (χ2v) is 6.54. The normalized spacial score (nSPS) is 11.5. The van der Waals surface area contributed by atoms with Gasteiger partial charge in [0.2, 0.25) is 5.95 Å². The van der Waals surface area contributed by atoms with Crippen molar-refractivity contribution < 1.29 is 9.90 Å². The molecule has 0 bridgehead atoms. The SMILES string of the molecule is CC(C)(O)CN(Cc1ccccc1)C(=O)Nc1nnc2ccccn12. The maximum Gasteiger partial charge on any atom is 0.324 e. The molecule has 0 aliphatic rings. The molecule has 0 unspecified atom stereocenters. The lowest BCUT2D eigenvalue weighted by Crippen LogP contribution is -2.44. The highest BCUT2D eigenvalue weighted by Crippen LogP contribution is 2.13. The zero-order valence-electron chi connectivity index (χ0n) is 14.3. The molecule has 0 spiro atoms. The van der Waals surface area contributed by atoms with Crippen molar-refractivity contribution in [2.45, 2.75) is 26.0 Å². The number of aromatic nitrogens is 3. The molecule has 2 amide bonds. The summed E-state index contributed by atoms with van der Waals surface area (Å²) in [5.41, 5.74) is 0.613. The first-order valence-corrected chi connectivity index (χ1v) is 8.04. The van der Waals surface area contributed by atoms with Crippen LogP contribution in [0.5, 0.6) is 0 Å². The van der Waals surface area contributed by atoms with Crippen LogP contribution in [0.2, 0.25) is 0 Å². The van der Waals surface area contributed by atoms with Gasteiger partial charge in [0, 0.05) is 12.7 Å². The average molecular weight is 339 g/mol. The van der Waals surface area contributed by atoms with E-state index in [-0.39, 0.29) is 12.6 Å². The van der Waals surface area contributed by atoms with Gasteiger partial charge in [-0.2, -0.15) is 0 Å². The Kier molecular flexibility index (Phi) is 4.67. The third-order valence-electron chi connectivity index (χ3n) is 3.61. The molecule has 0 aliphatic heterocycles. The Bertz CT molecular complexity index is 855. The quantitative estimate of drug-likeness (QED) is 0.748. The molecular weight excluding hydrogens is 318 g/mol. The first kappa shape index (κ1) is 16.9. The standard InChI is InChI=1S/C18H21N5O2/c1-18(2,25)13-22(12-14-8-4-3-5-9-14)17(24)19-16-21-20-15-10-6-7-11-23(15)16/h3-11,25H,12-13H2,1-2H3,(H,19,21,24). The number of fused-ring (bicyclic) bond motifs is 1. The number of rotatable bonds is 5. The first-order chi connectivity index (χ1) is 11.9. The highest BCUT2D eigenvalue weighted by Gasteiger charge is 2.23. The van der Waals surface area contributed by atoms with Crippen molar-refractivity contribution in [2.75, 3.05) is 11.9 Å². The molecule has 2 heterocycles. The van der Waals surface area contributed by atoms with Crippen LogP contribution in [-0.2, 0) is 6.54 Å². The van der Waals surface area contributed by atoms with Gasteiger partial charge in [-0.3, -0.25) is 9.72 Å². The van der Waals surface area contributed by atoms with Gasteiger partial charge in [-0.15, -0.1) is 10.2 Å². The predicted octanol–water partition coefficient (Wildman–Crippen LogP) is 2.53. The van der Waals surface area contributed by atoms with Crippen molar-refractivity contribution in [3.8, 4) is 0 Å². The highest BCUT2D eigenvalue weighted by atomic mass is 16.3.